The minimum absolute atomic E-state index is 0.0120. The standard InChI is InChI=1S/C25H32N2O3/c1-24-12-10-19-17(6-9-21-25(19,2)13-11-22(29)27-21)18(24)7-8-20(24)23(30)26-15-4-3-5-16(28)14-15/h3-5,11,13-14,17-21,28H,6-10,12H2,1-2H3,(H,26,30)(H,27,29)/t17-,18-,19-,20+,21+,24-,25+/m0/s1. The lowest BCUT2D eigenvalue weighted by Gasteiger charge is -2.58. The van der Waals surface area contributed by atoms with E-state index >= 15 is 0 Å². The van der Waals surface area contributed by atoms with Crippen LogP contribution in [-0.2, 0) is 9.59 Å². The lowest BCUT2D eigenvalue weighted by molar-refractivity contribution is -0.129. The van der Waals surface area contributed by atoms with Gasteiger partial charge in [0.15, 0.2) is 0 Å². The van der Waals surface area contributed by atoms with Crippen molar-refractivity contribution in [1.29, 1.82) is 0 Å². The fraction of sp³-hybridized carbons (Fsp3) is 0.600. The summed E-state index contributed by atoms with van der Waals surface area (Å²) in [6, 6.07) is 7.05. The minimum atomic E-state index is 0.0120. The van der Waals surface area contributed by atoms with Gasteiger partial charge in [0.2, 0.25) is 11.8 Å². The van der Waals surface area contributed by atoms with Gasteiger partial charge in [-0.15, -0.1) is 0 Å². The molecule has 30 heavy (non-hydrogen) atoms. The third kappa shape index (κ3) is 2.89. The van der Waals surface area contributed by atoms with Crippen LogP contribution >= 0.6 is 0 Å². The molecule has 5 nitrogen and oxygen atoms in total. The average molecular weight is 409 g/mol. The number of rotatable bonds is 2. The SMILES string of the molecule is C[C@]12C=CC(=O)N[C@@H]1CC[C@@H]1[C@@H]2CC[C@]2(C)[C@@H](C(=O)Nc3cccc(O)c3)CC[C@@H]12. The van der Waals surface area contributed by atoms with Crippen LogP contribution in [0.1, 0.15) is 52.4 Å². The first kappa shape index (κ1) is 19.7. The van der Waals surface area contributed by atoms with Gasteiger partial charge in [-0.3, -0.25) is 9.59 Å². The predicted molar refractivity (Wildman–Crippen MR) is 116 cm³/mol. The average Bonchev–Trinajstić information content (AvgIpc) is 3.06. The van der Waals surface area contributed by atoms with Gasteiger partial charge in [-0.05, 0) is 79.9 Å². The maximum absolute atomic E-state index is 13.2. The molecular weight excluding hydrogens is 376 g/mol. The number of amides is 2. The molecule has 0 bridgehead atoms. The highest BCUT2D eigenvalue weighted by Crippen LogP contribution is 2.65. The maximum Gasteiger partial charge on any atom is 0.243 e. The van der Waals surface area contributed by atoms with E-state index in [1.54, 1.807) is 24.3 Å². The van der Waals surface area contributed by atoms with Crippen molar-refractivity contribution in [3.8, 4) is 5.75 Å². The van der Waals surface area contributed by atoms with Crippen LogP contribution < -0.4 is 10.6 Å². The van der Waals surface area contributed by atoms with Crippen molar-refractivity contribution >= 4 is 17.5 Å². The number of nitrogens with one attached hydrogen (secondary N) is 2. The number of benzene rings is 1. The van der Waals surface area contributed by atoms with E-state index in [9.17, 15) is 14.7 Å². The molecule has 1 aromatic carbocycles. The minimum Gasteiger partial charge on any atom is -0.508 e. The molecular formula is C25H32N2O3. The van der Waals surface area contributed by atoms with E-state index in [0.717, 1.165) is 38.5 Å². The first-order chi connectivity index (χ1) is 14.3. The molecule has 1 aliphatic heterocycles. The summed E-state index contributed by atoms with van der Waals surface area (Å²) >= 11 is 0. The van der Waals surface area contributed by atoms with Gasteiger partial charge in [0.25, 0.3) is 0 Å². The lowest BCUT2D eigenvalue weighted by atomic mass is 9.48. The highest BCUT2D eigenvalue weighted by atomic mass is 16.3. The molecule has 0 aromatic heterocycles. The lowest BCUT2D eigenvalue weighted by Crippen LogP contribution is -2.59. The molecule has 0 spiro atoms. The third-order valence-electron chi connectivity index (χ3n) is 9.12. The van der Waals surface area contributed by atoms with Crippen molar-refractivity contribution in [2.45, 2.75) is 58.4 Å². The van der Waals surface area contributed by atoms with Crippen molar-refractivity contribution in [3.05, 3.63) is 36.4 Å². The summed E-state index contributed by atoms with van der Waals surface area (Å²) in [6.45, 7) is 4.66. The molecule has 5 rings (SSSR count). The predicted octanol–water partition coefficient (Wildman–Crippen LogP) is 4.24. The second-order valence-electron chi connectivity index (χ2n) is 10.4. The topological polar surface area (TPSA) is 78.4 Å². The van der Waals surface area contributed by atoms with Gasteiger partial charge in [-0.2, -0.15) is 0 Å². The Hall–Kier alpha value is -2.30. The molecule has 5 heteroatoms. The monoisotopic (exact) mass is 408 g/mol. The smallest absolute Gasteiger partial charge is 0.243 e. The largest absolute Gasteiger partial charge is 0.508 e. The van der Waals surface area contributed by atoms with Gasteiger partial charge in [0.1, 0.15) is 5.75 Å². The van der Waals surface area contributed by atoms with E-state index in [1.807, 2.05) is 6.07 Å². The van der Waals surface area contributed by atoms with Gasteiger partial charge in [0, 0.05) is 29.1 Å². The second kappa shape index (κ2) is 6.86. The summed E-state index contributed by atoms with van der Waals surface area (Å²) in [5.74, 6) is 2.05. The maximum atomic E-state index is 13.2. The van der Waals surface area contributed by atoms with Crippen LogP contribution in [-0.4, -0.2) is 23.0 Å². The van der Waals surface area contributed by atoms with Crippen molar-refractivity contribution < 1.29 is 14.7 Å². The Morgan fingerprint density at radius 2 is 1.97 bits per heavy atom. The van der Waals surface area contributed by atoms with Gasteiger partial charge < -0.3 is 15.7 Å². The summed E-state index contributed by atoms with van der Waals surface area (Å²) in [7, 11) is 0. The summed E-state index contributed by atoms with van der Waals surface area (Å²) < 4.78 is 0. The zero-order chi connectivity index (χ0) is 21.1. The van der Waals surface area contributed by atoms with E-state index in [1.165, 1.54) is 0 Å². The molecule has 0 saturated heterocycles. The van der Waals surface area contributed by atoms with Gasteiger partial charge in [0.05, 0.1) is 0 Å². The van der Waals surface area contributed by atoms with Gasteiger partial charge in [-0.25, -0.2) is 0 Å². The normalized spacial score (nSPS) is 41.9. The molecule has 3 saturated carbocycles. The molecule has 7 atom stereocenters. The zero-order valence-electron chi connectivity index (χ0n) is 17.9. The Bertz CT molecular complexity index is 911. The van der Waals surface area contributed by atoms with Crippen LogP contribution in [0.5, 0.6) is 5.75 Å². The number of hydrogen-bond donors (Lipinski definition) is 3. The van der Waals surface area contributed by atoms with Crippen LogP contribution in [0.15, 0.2) is 36.4 Å². The van der Waals surface area contributed by atoms with Crippen molar-refractivity contribution in [2.75, 3.05) is 5.32 Å². The van der Waals surface area contributed by atoms with Crippen LogP contribution in [0.2, 0.25) is 0 Å². The Kier molecular flexibility index (Phi) is 4.49. The highest BCUT2D eigenvalue weighted by molar-refractivity contribution is 5.93. The number of fused-ring (bicyclic) bond motifs is 5. The fourth-order valence-corrected chi connectivity index (χ4v) is 7.58. The van der Waals surface area contributed by atoms with Crippen LogP contribution in [0.3, 0.4) is 0 Å². The van der Waals surface area contributed by atoms with E-state index < -0.39 is 0 Å². The molecule has 4 aliphatic rings. The molecule has 0 radical (unpaired) electrons. The van der Waals surface area contributed by atoms with E-state index in [0.29, 0.717) is 23.4 Å². The van der Waals surface area contributed by atoms with Gasteiger partial charge in [-0.1, -0.05) is 26.0 Å². The number of carbonyl (C=O) groups excluding carboxylic acids is 2. The van der Waals surface area contributed by atoms with E-state index in [2.05, 4.69) is 30.6 Å². The quantitative estimate of drug-likeness (QED) is 0.685. The third-order valence-corrected chi connectivity index (χ3v) is 9.12. The number of hydrogen-bond acceptors (Lipinski definition) is 3. The number of aromatic hydroxyl groups is 1. The zero-order valence-corrected chi connectivity index (χ0v) is 17.9. The molecule has 1 aromatic rings. The Balaban J connectivity index is 1.37. The molecule has 2 amide bonds. The summed E-state index contributed by atoms with van der Waals surface area (Å²) in [6.07, 6.45) is 10.3. The Labute approximate surface area is 178 Å². The Morgan fingerprint density at radius 1 is 1.13 bits per heavy atom. The van der Waals surface area contributed by atoms with Crippen molar-refractivity contribution in [2.24, 2.45) is 34.5 Å². The fourth-order valence-electron chi connectivity index (χ4n) is 7.58. The first-order valence-electron chi connectivity index (χ1n) is 11.4. The highest BCUT2D eigenvalue weighted by Gasteiger charge is 2.60. The van der Waals surface area contributed by atoms with Crippen molar-refractivity contribution in [3.63, 3.8) is 0 Å². The van der Waals surface area contributed by atoms with Crippen LogP contribution in [0.4, 0.5) is 5.69 Å². The van der Waals surface area contributed by atoms with E-state index in [-0.39, 0.29) is 40.4 Å². The summed E-state index contributed by atoms with van der Waals surface area (Å²) in [5.41, 5.74) is 0.712. The number of phenols is 1. The molecule has 160 valence electrons. The molecule has 0 unspecified atom stereocenters. The molecule has 1 heterocycles. The second-order valence-corrected chi connectivity index (χ2v) is 10.4. The number of phenolic OH excluding ortho intramolecular Hbond substituents is 1. The molecule has 3 N–H and O–H groups in total. The molecule has 3 aliphatic carbocycles. The van der Waals surface area contributed by atoms with Gasteiger partial charge >= 0.3 is 0 Å². The summed E-state index contributed by atoms with van der Waals surface area (Å²) in [4.78, 5) is 25.1. The van der Waals surface area contributed by atoms with Crippen LogP contribution in [0, 0.1) is 34.5 Å². The number of carbonyl (C=O) groups is 2. The van der Waals surface area contributed by atoms with Crippen LogP contribution in [0.25, 0.3) is 0 Å². The van der Waals surface area contributed by atoms with E-state index in [4.69, 9.17) is 0 Å². The number of anilines is 1. The molecule has 3 fully saturated rings. The summed E-state index contributed by atoms with van der Waals surface area (Å²) in [5, 5.41) is 16.0. The first-order valence-corrected chi connectivity index (χ1v) is 11.4. The Morgan fingerprint density at radius 3 is 2.77 bits per heavy atom. The van der Waals surface area contributed by atoms with Crippen molar-refractivity contribution in [1.82, 2.24) is 5.32 Å².